The van der Waals surface area contributed by atoms with E-state index in [1.165, 1.54) is 24.3 Å². The molecule has 28 heavy (non-hydrogen) atoms. The van der Waals surface area contributed by atoms with Crippen LogP contribution in [0.5, 0.6) is 0 Å². The smallest absolute Gasteiger partial charge is 0.255 e. The maximum Gasteiger partial charge on any atom is 0.255 e. The average Bonchev–Trinajstić information content (AvgIpc) is 2.95. The highest BCUT2D eigenvalue weighted by molar-refractivity contribution is 9.10. The number of nitrogens with one attached hydrogen (secondary N) is 2. The molecule has 1 amide bonds. The minimum Gasteiger partial charge on any atom is -0.322 e. The lowest BCUT2D eigenvalue weighted by Crippen LogP contribution is -2.35. The monoisotopic (exact) mass is 486 g/mol. The molecule has 10 heteroatoms. The van der Waals surface area contributed by atoms with E-state index < -0.39 is 31.8 Å². The van der Waals surface area contributed by atoms with Gasteiger partial charge in [0.05, 0.1) is 16.4 Å². The van der Waals surface area contributed by atoms with Crippen molar-refractivity contribution < 1.29 is 21.6 Å². The van der Waals surface area contributed by atoms with E-state index in [0.29, 0.717) is 5.69 Å². The molecule has 7 nitrogen and oxygen atoms in total. The van der Waals surface area contributed by atoms with Crippen molar-refractivity contribution in [2.24, 2.45) is 0 Å². The number of sulfone groups is 1. The molecule has 2 N–H and O–H groups in total. The third kappa shape index (κ3) is 4.99. The summed E-state index contributed by atoms with van der Waals surface area (Å²) in [5.74, 6) is -0.685. The SMILES string of the molecule is Cc1cc(Br)ccc1NC(=O)c1cccc(S(=O)(=O)NC2CCS(=O)(=O)C2)c1. The van der Waals surface area contributed by atoms with E-state index in [1.54, 1.807) is 12.1 Å². The Labute approximate surface area is 172 Å². The number of carbonyl (C=O) groups is 1. The minimum absolute atomic E-state index is 0.0326. The van der Waals surface area contributed by atoms with Crippen LogP contribution in [-0.4, -0.2) is 40.3 Å². The Bertz CT molecular complexity index is 1130. The normalized spacial score (nSPS) is 18.7. The molecule has 0 aliphatic carbocycles. The van der Waals surface area contributed by atoms with Crippen LogP contribution in [0.2, 0.25) is 0 Å². The zero-order chi connectivity index (χ0) is 20.5. The van der Waals surface area contributed by atoms with Crippen LogP contribution in [0, 0.1) is 6.92 Å². The molecule has 0 spiro atoms. The van der Waals surface area contributed by atoms with Crippen molar-refractivity contribution in [3.05, 3.63) is 58.1 Å². The van der Waals surface area contributed by atoms with Crippen molar-refractivity contribution >= 4 is 47.4 Å². The molecule has 0 bridgehead atoms. The lowest BCUT2D eigenvalue weighted by molar-refractivity contribution is 0.102. The van der Waals surface area contributed by atoms with E-state index in [9.17, 15) is 21.6 Å². The molecule has 1 aliphatic rings. The van der Waals surface area contributed by atoms with E-state index in [1.807, 2.05) is 13.0 Å². The second kappa shape index (κ2) is 7.94. The number of amides is 1. The Morgan fingerprint density at radius 1 is 1.18 bits per heavy atom. The molecule has 1 atom stereocenters. The van der Waals surface area contributed by atoms with Gasteiger partial charge in [-0.05, 0) is 55.3 Å². The second-order valence-electron chi connectivity index (χ2n) is 6.66. The predicted octanol–water partition coefficient (Wildman–Crippen LogP) is 2.48. The highest BCUT2D eigenvalue weighted by Gasteiger charge is 2.31. The molecule has 2 aromatic rings. The fraction of sp³-hybridized carbons (Fsp3) is 0.278. The number of carbonyl (C=O) groups excluding carboxylic acids is 1. The number of aryl methyl sites for hydroxylation is 1. The van der Waals surface area contributed by atoms with Crippen molar-refractivity contribution in [1.82, 2.24) is 4.72 Å². The van der Waals surface area contributed by atoms with Gasteiger partial charge < -0.3 is 5.32 Å². The number of rotatable bonds is 5. The van der Waals surface area contributed by atoms with Gasteiger partial charge in [-0.15, -0.1) is 0 Å². The summed E-state index contributed by atoms with van der Waals surface area (Å²) in [6.07, 6.45) is 0.241. The van der Waals surface area contributed by atoms with Crippen LogP contribution in [-0.2, 0) is 19.9 Å². The molecular weight excluding hydrogens is 468 g/mol. The van der Waals surface area contributed by atoms with Gasteiger partial charge in [0, 0.05) is 21.8 Å². The van der Waals surface area contributed by atoms with Crippen LogP contribution >= 0.6 is 15.9 Å². The summed E-state index contributed by atoms with van der Waals surface area (Å²) in [7, 11) is -7.15. The van der Waals surface area contributed by atoms with Crippen molar-refractivity contribution in [3.8, 4) is 0 Å². The zero-order valence-corrected chi connectivity index (χ0v) is 18.2. The lowest BCUT2D eigenvalue weighted by Gasteiger charge is -2.13. The highest BCUT2D eigenvalue weighted by Crippen LogP contribution is 2.22. The van der Waals surface area contributed by atoms with Gasteiger partial charge in [-0.1, -0.05) is 22.0 Å². The number of halogens is 1. The van der Waals surface area contributed by atoms with Gasteiger partial charge in [-0.2, -0.15) is 0 Å². The van der Waals surface area contributed by atoms with Crippen molar-refractivity contribution in [1.29, 1.82) is 0 Å². The third-order valence-electron chi connectivity index (χ3n) is 4.40. The predicted molar refractivity (Wildman–Crippen MR) is 111 cm³/mol. The lowest BCUT2D eigenvalue weighted by atomic mass is 10.1. The number of sulfonamides is 1. The number of anilines is 1. The van der Waals surface area contributed by atoms with E-state index in [-0.39, 0.29) is 28.4 Å². The molecule has 1 fully saturated rings. The molecule has 1 heterocycles. The zero-order valence-electron chi connectivity index (χ0n) is 15.0. The van der Waals surface area contributed by atoms with Gasteiger partial charge in [-0.25, -0.2) is 21.6 Å². The third-order valence-corrected chi connectivity index (χ3v) is 8.18. The Hall–Kier alpha value is -1.75. The first-order valence-electron chi connectivity index (χ1n) is 8.46. The Morgan fingerprint density at radius 3 is 2.57 bits per heavy atom. The quantitative estimate of drug-likeness (QED) is 0.674. The molecule has 2 aromatic carbocycles. The highest BCUT2D eigenvalue weighted by atomic mass is 79.9. The molecule has 0 aromatic heterocycles. The first kappa shape index (κ1) is 21.0. The fourth-order valence-electron chi connectivity index (χ4n) is 2.94. The molecule has 0 radical (unpaired) electrons. The van der Waals surface area contributed by atoms with Crippen LogP contribution in [0.15, 0.2) is 51.8 Å². The summed E-state index contributed by atoms with van der Waals surface area (Å²) in [6, 6.07) is 10.4. The minimum atomic E-state index is -3.94. The topological polar surface area (TPSA) is 109 Å². The van der Waals surface area contributed by atoms with Crippen LogP contribution in [0.3, 0.4) is 0 Å². The van der Waals surface area contributed by atoms with E-state index >= 15 is 0 Å². The first-order valence-corrected chi connectivity index (χ1v) is 12.6. The summed E-state index contributed by atoms with van der Waals surface area (Å²) in [5.41, 5.74) is 1.66. The molecule has 1 aliphatic heterocycles. The fourth-order valence-corrected chi connectivity index (χ4v) is 6.51. The number of benzene rings is 2. The van der Waals surface area contributed by atoms with Crippen molar-refractivity contribution in [2.45, 2.75) is 24.3 Å². The largest absolute Gasteiger partial charge is 0.322 e. The van der Waals surface area contributed by atoms with Crippen LogP contribution < -0.4 is 10.0 Å². The van der Waals surface area contributed by atoms with Gasteiger partial charge in [0.15, 0.2) is 9.84 Å². The Morgan fingerprint density at radius 2 is 1.93 bits per heavy atom. The summed E-state index contributed by atoms with van der Waals surface area (Å²) in [5, 5.41) is 2.76. The molecule has 3 rings (SSSR count). The Kier molecular flexibility index (Phi) is 5.95. The van der Waals surface area contributed by atoms with Crippen LogP contribution in [0.1, 0.15) is 22.3 Å². The van der Waals surface area contributed by atoms with Gasteiger partial charge >= 0.3 is 0 Å². The molecule has 0 saturated carbocycles. The standard InChI is InChI=1S/C18H19BrN2O5S2/c1-12-9-14(19)5-6-17(12)20-18(22)13-3-2-4-16(10-13)28(25,26)21-15-7-8-27(23,24)11-15/h2-6,9-10,15,21H,7-8,11H2,1H3,(H,20,22). The summed E-state index contributed by atoms with van der Waals surface area (Å²) < 4.78 is 51.5. The van der Waals surface area contributed by atoms with Gasteiger partial charge in [0.2, 0.25) is 10.0 Å². The Balaban J connectivity index is 1.78. The second-order valence-corrected chi connectivity index (χ2v) is 11.5. The van der Waals surface area contributed by atoms with Gasteiger partial charge in [-0.3, -0.25) is 4.79 Å². The maximum absolute atomic E-state index is 12.6. The maximum atomic E-state index is 12.6. The molecular formula is C18H19BrN2O5S2. The van der Waals surface area contributed by atoms with Crippen molar-refractivity contribution in [3.63, 3.8) is 0 Å². The summed E-state index contributed by atoms with van der Waals surface area (Å²) >= 11 is 3.36. The number of hydrogen-bond donors (Lipinski definition) is 2. The summed E-state index contributed by atoms with van der Waals surface area (Å²) in [4.78, 5) is 12.5. The average molecular weight is 487 g/mol. The molecule has 1 saturated heterocycles. The van der Waals surface area contributed by atoms with E-state index in [4.69, 9.17) is 0 Å². The van der Waals surface area contributed by atoms with E-state index in [0.717, 1.165) is 10.0 Å². The number of hydrogen-bond acceptors (Lipinski definition) is 5. The summed E-state index contributed by atoms with van der Waals surface area (Å²) in [6.45, 7) is 1.85. The van der Waals surface area contributed by atoms with Gasteiger partial charge in [0.1, 0.15) is 0 Å². The van der Waals surface area contributed by atoms with E-state index in [2.05, 4.69) is 26.0 Å². The van der Waals surface area contributed by atoms with Crippen LogP contribution in [0.25, 0.3) is 0 Å². The molecule has 150 valence electrons. The van der Waals surface area contributed by atoms with Gasteiger partial charge in [0.25, 0.3) is 5.91 Å². The van der Waals surface area contributed by atoms with Crippen LogP contribution in [0.4, 0.5) is 5.69 Å². The first-order chi connectivity index (χ1) is 13.1. The molecule has 1 unspecified atom stereocenters. The van der Waals surface area contributed by atoms with Crippen molar-refractivity contribution in [2.75, 3.05) is 16.8 Å².